The number of hydrogen-bond acceptors (Lipinski definition) is 2. The lowest BCUT2D eigenvalue weighted by Gasteiger charge is -2.07. The number of hydrogen-bond donors (Lipinski definition) is 2. The summed E-state index contributed by atoms with van der Waals surface area (Å²) in [5.41, 5.74) is 0. The molecule has 1 radical (unpaired) electrons. The Balaban J connectivity index is 2.98. The van der Waals surface area contributed by atoms with Crippen LogP contribution in [-0.2, 0) is 0 Å². The Labute approximate surface area is 88.3 Å². The van der Waals surface area contributed by atoms with Gasteiger partial charge in [-0.15, -0.1) is 0 Å². The third-order valence-corrected chi connectivity index (χ3v) is 2.42. The van der Waals surface area contributed by atoms with Crippen LogP contribution in [-0.4, -0.2) is 22.9 Å². The van der Waals surface area contributed by atoms with E-state index in [4.69, 9.17) is 5.11 Å². The Morgan fingerprint density at radius 1 is 1.07 bits per heavy atom. The van der Waals surface area contributed by atoms with Gasteiger partial charge in [0.15, 0.2) is 0 Å². The highest BCUT2D eigenvalue weighted by atomic mass is 16.3. The van der Waals surface area contributed by atoms with Crippen molar-refractivity contribution in [1.29, 1.82) is 0 Å². The van der Waals surface area contributed by atoms with Crippen molar-refractivity contribution in [2.45, 2.75) is 64.4 Å². The molecule has 0 rings (SSSR count). The first-order valence-corrected chi connectivity index (χ1v) is 5.93. The monoisotopic (exact) mass is 201 g/mol. The predicted molar refractivity (Wildman–Crippen MR) is 60.0 cm³/mol. The summed E-state index contributed by atoms with van der Waals surface area (Å²) in [7, 11) is 0. The minimum absolute atomic E-state index is 0.0775. The van der Waals surface area contributed by atoms with Crippen molar-refractivity contribution in [2.75, 3.05) is 6.61 Å². The highest BCUT2D eigenvalue weighted by Gasteiger charge is 2.02. The van der Waals surface area contributed by atoms with Crippen LogP contribution < -0.4 is 0 Å². The second-order valence-corrected chi connectivity index (χ2v) is 3.87. The van der Waals surface area contributed by atoms with E-state index in [1.54, 1.807) is 0 Å². The number of rotatable bonds is 10. The summed E-state index contributed by atoms with van der Waals surface area (Å²) in [6, 6.07) is 0. The minimum atomic E-state index is -0.407. The molecule has 0 aromatic carbocycles. The smallest absolute Gasteiger partial charge is 0.0593 e. The molecule has 2 heteroatoms. The maximum Gasteiger partial charge on any atom is 0.0593 e. The molecule has 0 heterocycles. The molecule has 2 nitrogen and oxygen atoms in total. The molecule has 0 aliphatic heterocycles. The molecule has 0 aliphatic rings. The number of aliphatic hydroxyl groups excluding tert-OH is 2. The molecule has 1 unspecified atom stereocenters. The predicted octanol–water partition coefficient (Wildman–Crippen LogP) is 2.68. The molecule has 0 aromatic rings. The van der Waals surface area contributed by atoms with Crippen molar-refractivity contribution >= 4 is 0 Å². The summed E-state index contributed by atoms with van der Waals surface area (Å²) in [4.78, 5) is 0. The summed E-state index contributed by atoms with van der Waals surface area (Å²) in [6.45, 7) is 2.30. The lowest BCUT2D eigenvalue weighted by molar-refractivity contribution is 0.154. The Hall–Kier alpha value is -0.0800. The van der Waals surface area contributed by atoms with Crippen LogP contribution in [0.4, 0.5) is 0 Å². The molecular weight excluding hydrogens is 176 g/mol. The van der Waals surface area contributed by atoms with Gasteiger partial charge in [0.25, 0.3) is 0 Å². The van der Waals surface area contributed by atoms with Gasteiger partial charge in [-0.05, 0) is 19.3 Å². The van der Waals surface area contributed by atoms with E-state index >= 15 is 0 Å². The van der Waals surface area contributed by atoms with E-state index in [0.29, 0.717) is 6.42 Å². The van der Waals surface area contributed by atoms with E-state index in [9.17, 15) is 5.11 Å². The van der Waals surface area contributed by atoms with E-state index < -0.39 is 6.10 Å². The lowest BCUT2D eigenvalue weighted by atomic mass is 10.1. The van der Waals surface area contributed by atoms with E-state index in [1.165, 1.54) is 38.5 Å². The molecule has 85 valence electrons. The van der Waals surface area contributed by atoms with E-state index in [1.807, 2.05) is 6.42 Å². The first-order valence-electron chi connectivity index (χ1n) is 5.93. The fourth-order valence-corrected chi connectivity index (χ4v) is 1.49. The van der Waals surface area contributed by atoms with Gasteiger partial charge in [-0.25, -0.2) is 0 Å². The molecule has 0 saturated carbocycles. The van der Waals surface area contributed by atoms with Crippen LogP contribution >= 0.6 is 0 Å². The lowest BCUT2D eigenvalue weighted by Crippen LogP contribution is -2.08. The zero-order valence-electron chi connectivity index (χ0n) is 9.41. The quantitative estimate of drug-likeness (QED) is 0.533. The fourth-order valence-electron chi connectivity index (χ4n) is 1.49. The van der Waals surface area contributed by atoms with Crippen molar-refractivity contribution in [1.82, 2.24) is 0 Å². The van der Waals surface area contributed by atoms with Crippen LogP contribution in [0.1, 0.15) is 58.3 Å². The SMILES string of the molecule is CCCCCCCC[CH]C(O)CCO. The van der Waals surface area contributed by atoms with Crippen molar-refractivity contribution < 1.29 is 10.2 Å². The van der Waals surface area contributed by atoms with Gasteiger partial charge in [-0.3, -0.25) is 0 Å². The third-order valence-electron chi connectivity index (χ3n) is 2.42. The van der Waals surface area contributed by atoms with E-state index in [-0.39, 0.29) is 6.61 Å². The van der Waals surface area contributed by atoms with Crippen LogP contribution in [0.25, 0.3) is 0 Å². The highest BCUT2D eigenvalue weighted by Crippen LogP contribution is 2.09. The summed E-state index contributed by atoms with van der Waals surface area (Å²) in [5, 5.41) is 17.8. The maximum absolute atomic E-state index is 9.27. The molecule has 0 fully saturated rings. The van der Waals surface area contributed by atoms with E-state index in [0.717, 1.165) is 6.42 Å². The van der Waals surface area contributed by atoms with Gasteiger partial charge >= 0.3 is 0 Å². The van der Waals surface area contributed by atoms with Crippen molar-refractivity contribution in [3.05, 3.63) is 6.42 Å². The van der Waals surface area contributed by atoms with Gasteiger partial charge in [0.05, 0.1) is 6.10 Å². The van der Waals surface area contributed by atoms with Gasteiger partial charge in [0, 0.05) is 6.61 Å². The van der Waals surface area contributed by atoms with Gasteiger partial charge in [-0.2, -0.15) is 0 Å². The van der Waals surface area contributed by atoms with Crippen molar-refractivity contribution in [2.24, 2.45) is 0 Å². The van der Waals surface area contributed by atoms with Crippen LogP contribution in [0.2, 0.25) is 0 Å². The average Bonchev–Trinajstić information content (AvgIpc) is 2.17. The van der Waals surface area contributed by atoms with Crippen LogP contribution in [0.5, 0.6) is 0 Å². The topological polar surface area (TPSA) is 40.5 Å². The largest absolute Gasteiger partial charge is 0.396 e. The zero-order valence-corrected chi connectivity index (χ0v) is 9.41. The highest BCUT2D eigenvalue weighted by molar-refractivity contribution is 4.74. The Bertz CT molecular complexity index is 104. The van der Waals surface area contributed by atoms with Crippen LogP contribution in [0.3, 0.4) is 0 Å². The van der Waals surface area contributed by atoms with Crippen LogP contribution in [0, 0.1) is 6.42 Å². The average molecular weight is 201 g/mol. The molecule has 0 amide bonds. The molecule has 0 spiro atoms. The molecular formula is C12H25O2. The Kier molecular flexibility index (Phi) is 10.9. The molecule has 0 aliphatic carbocycles. The summed E-state index contributed by atoms with van der Waals surface area (Å²) in [5.74, 6) is 0. The summed E-state index contributed by atoms with van der Waals surface area (Å²) < 4.78 is 0. The van der Waals surface area contributed by atoms with E-state index in [2.05, 4.69) is 6.92 Å². The Morgan fingerprint density at radius 2 is 1.71 bits per heavy atom. The first kappa shape index (κ1) is 13.9. The van der Waals surface area contributed by atoms with Gasteiger partial charge in [0.2, 0.25) is 0 Å². The van der Waals surface area contributed by atoms with Gasteiger partial charge < -0.3 is 10.2 Å². The Morgan fingerprint density at radius 3 is 2.36 bits per heavy atom. The second kappa shape index (κ2) is 11.0. The maximum atomic E-state index is 9.27. The zero-order chi connectivity index (χ0) is 10.6. The van der Waals surface area contributed by atoms with Crippen molar-refractivity contribution in [3.8, 4) is 0 Å². The summed E-state index contributed by atoms with van der Waals surface area (Å²) in [6.07, 6.45) is 10.7. The second-order valence-electron chi connectivity index (χ2n) is 3.87. The van der Waals surface area contributed by atoms with Crippen LogP contribution in [0.15, 0.2) is 0 Å². The third kappa shape index (κ3) is 10.0. The van der Waals surface area contributed by atoms with Crippen molar-refractivity contribution in [3.63, 3.8) is 0 Å². The molecule has 2 N–H and O–H groups in total. The molecule has 1 atom stereocenters. The summed E-state index contributed by atoms with van der Waals surface area (Å²) >= 11 is 0. The van der Waals surface area contributed by atoms with Gasteiger partial charge in [-0.1, -0.05) is 45.4 Å². The first-order chi connectivity index (χ1) is 6.81. The fraction of sp³-hybridized carbons (Fsp3) is 0.917. The molecule has 14 heavy (non-hydrogen) atoms. The number of unbranched alkanes of at least 4 members (excludes halogenated alkanes) is 6. The normalized spacial score (nSPS) is 13.1. The minimum Gasteiger partial charge on any atom is -0.396 e. The molecule has 0 aromatic heterocycles. The number of aliphatic hydroxyl groups is 2. The molecule has 0 saturated heterocycles. The van der Waals surface area contributed by atoms with Gasteiger partial charge in [0.1, 0.15) is 0 Å². The molecule has 0 bridgehead atoms. The standard InChI is InChI=1S/C12H25O2/c1-2-3-4-5-6-7-8-9-12(14)10-11-13/h9,12-14H,2-8,10-11H2,1H3.